The van der Waals surface area contributed by atoms with Crippen molar-refractivity contribution in [1.29, 1.82) is 0 Å². The fraction of sp³-hybridized carbons (Fsp3) is 0.294. The van der Waals surface area contributed by atoms with Crippen molar-refractivity contribution >= 4 is 11.6 Å². The van der Waals surface area contributed by atoms with Gasteiger partial charge in [0.2, 0.25) is 0 Å². The van der Waals surface area contributed by atoms with E-state index in [9.17, 15) is 9.50 Å². The molecule has 110 valence electrons. The first-order valence-electron chi connectivity index (χ1n) is 6.81. The number of hydrogen-bond acceptors (Lipinski definition) is 2. The summed E-state index contributed by atoms with van der Waals surface area (Å²) < 4.78 is 19.4. The summed E-state index contributed by atoms with van der Waals surface area (Å²) in [5.41, 5.74) is 1.71. The highest BCUT2D eigenvalue weighted by atomic mass is 35.5. The number of aliphatic hydroxyl groups is 1. The SMILES string of the molecule is CC1(C)Cc2cccc(C(O)c3cc(F)ccc3Cl)c2O1. The smallest absolute Gasteiger partial charge is 0.129 e. The van der Waals surface area contributed by atoms with Crippen LogP contribution in [0.3, 0.4) is 0 Å². The summed E-state index contributed by atoms with van der Waals surface area (Å²) in [6.07, 6.45) is -0.239. The van der Waals surface area contributed by atoms with Crippen molar-refractivity contribution in [3.05, 3.63) is 63.9 Å². The molecule has 0 fully saturated rings. The number of aliphatic hydroxyl groups excluding tert-OH is 1. The van der Waals surface area contributed by atoms with E-state index in [2.05, 4.69) is 0 Å². The van der Waals surface area contributed by atoms with Gasteiger partial charge in [0.05, 0.1) is 0 Å². The van der Waals surface area contributed by atoms with E-state index >= 15 is 0 Å². The first-order valence-corrected chi connectivity index (χ1v) is 7.19. The molecule has 0 saturated carbocycles. The van der Waals surface area contributed by atoms with Gasteiger partial charge in [0.15, 0.2) is 0 Å². The summed E-state index contributed by atoms with van der Waals surface area (Å²) in [5, 5.41) is 10.9. The van der Waals surface area contributed by atoms with Crippen molar-refractivity contribution in [1.82, 2.24) is 0 Å². The molecule has 0 amide bonds. The molecule has 0 aromatic heterocycles. The van der Waals surface area contributed by atoms with E-state index in [-0.39, 0.29) is 5.60 Å². The number of para-hydroxylation sites is 1. The van der Waals surface area contributed by atoms with Crippen molar-refractivity contribution < 1.29 is 14.2 Å². The molecule has 1 atom stereocenters. The Morgan fingerprint density at radius 1 is 1.24 bits per heavy atom. The molecular weight excluding hydrogens is 291 g/mol. The lowest BCUT2D eigenvalue weighted by atomic mass is 9.96. The minimum atomic E-state index is -1.02. The number of hydrogen-bond donors (Lipinski definition) is 1. The average Bonchev–Trinajstić information content (AvgIpc) is 2.74. The van der Waals surface area contributed by atoms with Crippen LogP contribution in [-0.4, -0.2) is 10.7 Å². The fourth-order valence-electron chi connectivity index (χ4n) is 2.75. The molecule has 0 radical (unpaired) electrons. The maximum Gasteiger partial charge on any atom is 0.129 e. The molecule has 3 rings (SSSR count). The Morgan fingerprint density at radius 3 is 2.76 bits per heavy atom. The Bertz CT molecular complexity index is 697. The van der Waals surface area contributed by atoms with E-state index in [4.69, 9.17) is 16.3 Å². The maximum atomic E-state index is 13.4. The molecule has 1 aliphatic rings. The van der Waals surface area contributed by atoms with Crippen molar-refractivity contribution in [2.24, 2.45) is 0 Å². The highest BCUT2D eigenvalue weighted by Gasteiger charge is 2.33. The Balaban J connectivity index is 2.06. The molecule has 2 nitrogen and oxygen atoms in total. The molecule has 1 aliphatic heterocycles. The van der Waals surface area contributed by atoms with E-state index in [0.29, 0.717) is 21.9 Å². The van der Waals surface area contributed by atoms with Gasteiger partial charge in [0, 0.05) is 22.6 Å². The second-order valence-corrected chi connectivity index (χ2v) is 6.35. The molecule has 0 aliphatic carbocycles. The van der Waals surface area contributed by atoms with Crippen LogP contribution in [0.2, 0.25) is 5.02 Å². The van der Waals surface area contributed by atoms with E-state index in [1.807, 2.05) is 26.0 Å². The number of halogens is 2. The predicted molar refractivity (Wildman–Crippen MR) is 80.3 cm³/mol. The zero-order chi connectivity index (χ0) is 15.2. The number of fused-ring (bicyclic) bond motifs is 1. The molecule has 0 bridgehead atoms. The van der Waals surface area contributed by atoms with Gasteiger partial charge >= 0.3 is 0 Å². The van der Waals surface area contributed by atoms with Crippen molar-refractivity contribution in [3.63, 3.8) is 0 Å². The van der Waals surface area contributed by atoms with Gasteiger partial charge < -0.3 is 9.84 Å². The average molecular weight is 307 g/mol. The molecular formula is C17H16ClFO2. The Kier molecular flexibility index (Phi) is 3.42. The van der Waals surface area contributed by atoms with Gasteiger partial charge in [0.1, 0.15) is 23.3 Å². The van der Waals surface area contributed by atoms with Crippen LogP contribution < -0.4 is 4.74 Å². The second kappa shape index (κ2) is 5.00. The van der Waals surface area contributed by atoms with E-state index in [0.717, 1.165) is 12.0 Å². The summed E-state index contributed by atoms with van der Waals surface area (Å²) >= 11 is 6.08. The van der Waals surface area contributed by atoms with Crippen molar-refractivity contribution in [3.8, 4) is 5.75 Å². The van der Waals surface area contributed by atoms with Crippen LogP contribution in [0.5, 0.6) is 5.75 Å². The normalized spacial score (nSPS) is 17.2. The van der Waals surface area contributed by atoms with Crippen LogP contribution in [0.15, 0.2) is 36.4 Å². The fourth-order valence-corrected chi connectivity index (χ4v) is 2.97. The molecule has 2 aromatic carbocycles. The largest absolute Gasteiger partial charge is 0.487 e. The molecule has 2 aromatic rings. The highest BCUT2D eigenvalue weighted by molar-refractivity contribution is 6.31. The zero-order valence-electron chi connectivity index (χ0n) is 11.9. The standard InChI is InChI=1S/C17H16ClFO2/c1-17(2)9-10-4-3-5-12(16(10)21-17)15(20)13-8-11(19)6-7-14(13)18/h3-8,15,20H,9H2,1-2H3. The Hall–Kier alpha value is -1.58. The summed E-state index contributed by atoms with van der Waals surface area (Å²) in [6.45, 7) is 4.00. The third kappa shape index (κ3) is 2.63. The number of benzene rings is 2. The minimum absolute atomic E-state index is 0.302. The van der Waals surface area contributed by atoms with Crippen molar-refractivity contribution in [2.75, 3.05) is 0 Å². The summed E-state index contributed by atoms with van der Waals surface area (Å²) in [5.74, 6) is 0.248. The topological polar surface area (TPSA) is 29.5 Å². The summed E-state index contributed by atoms with van der Waals surface area (Å²) in [6, 6.07) is 9.61. The van der Waals surface area contributed by atoms with E-state index in [1.165, 1.54) is 18.2 Å². The molecule has 4 heteroatoms. The van der Waals surface area contributed by atoms with E-state index in [1.54, 1.807) is 6.07 Å². The number of rotatable bonds is 2. The molecule has 21 heavy (non-hydrogen) atoms. The molecule has 1 heterocycles. The van der Waals surface area contributed by atoms with Crippen LogP contribution in [0, 0.1) is 5.82 Å². The van der Waals surface area contributed by atoms with Crippen molar-refractivity contribution in [2.45, 2.75) is 32.0 Å². The van der Waals surface area contributed by atoms with Gasteiger partial charge in [0.25, 0.3) is 0 Å². The Labute approximate surface area is 128 Å². The molecule has 1 N–H and O–H groups in total. The maximum absolute atomic E-state index is 13.4. The first-order chi connectivity index (χ1) is 9.87. The van der Waals surface area contributed by atoms with Gasteiger partial charge in [-0.1, -0.05) is 29.8 Å². The quantitative estimate of drug-likeness (QED) is 0.897. The summed E-state index contributed by atoms with van der Waals surface area (Å²) in [7, 11) is 0. The van der Waals surface area contributed by atoms with Crippen LogP contribution >= 0.6 is 11.6 Å². The molecule has 0 spiro atoms. The first kappa shape index (κ1) is 14.4. The van der Waals surface area contributed by atoms with Gasteiger partial charge in [-0.3, -0.25) is 0 Å². The zero-order valence-corrected chi connectivity index (χ0v) is 12.6. The Morgan fingerprint density at radius 2 is 2.00 bits per heavy atom. The molecule has 0 saturated heterocycles. The highest BCUT2D eigenvalue weighted by Crippen LogP contribution is 2.42. The third-order valence-electron chi connectivity index (χ3n) is 3.67. The summed E-state index contributed by atoms with van der Waals surface area (Å²) in [4.78, 5) is 0. The minimum Gasteiger partial charge on any atom is -0.487 e. The lowest BCUT2D eigenvalue weighted by Crippen LogP contribution is -2.25. The number of ether oxygens (including phenoxy) is 1. The monoisotopic (exact) mass is 306 g/mol. The van der Waals surface area contributed by atoms with Crippen LogP contribution in [-0.2, 0) is 6.42 Å². The second-order valence-electron chi connectivity index (χ2n) is 5.94. The van der Waals surface area contributed by atoms with Crippen LogP contribution in [0.1, 0.15) is 36.6 Å². The van der Waals surface area contributed by atoms with Gasteiger partial charge in [-0.25, -0.2) is 4.39 Å². The van der Waals surface area contributed by atoms with Crippen LogP contribution in [0.25, 0.3) is 0 Å². The van der Waals surface area contributed by atoms with Gasteiger partial charge in [-0.2, -0.15) is 0 Å². The van der Waals surface area contributed by atoms with Gasteiger partial charge in [-0.05, 0) is 37.6 Å². The van der Waals surface area contributed by atoms with Gasteiger partial charge in [-0.15, -0.1) is 0 Å². The predicted octanol–water partition coefficient (Wildman–Crippen LogP) is 4.27. The van der Waals surface area contributed by atoms with Crippen LogP contribution in [0.4, 0.5) is 4.39 Å². The van der Waals surface area contributed by atoms with E-state index < -0.39 is 11.9 Å². The lowest BCUT2D eigenvalue weighted by molar-refractivity contribution is 0.131. The third-order valence-corrected chi connectivity index (χ3v) is 4.01. The molecule has 1 unspecified atom stereocenters. The lowest BCUT2D eigenvalue weighted by Gasteiger charge is -2.20.